The second-order valence-corrected chi connectivity index (χ2v) is 13.1. The Bertz CT molecular complexity index is 1170. The van der Waals surface area contributed by atoms with Crippen molar-refractivity contribution in [2.24, 2.45) is 5.92 Å². The lowest BCUT2D eigenvalue weighted by molar-refractivity contribution is -0.156. The predicted octanol–water partition coefficient (Wildman–Crippen LogP) is 5.93. The van der Waals surface area contributed by atoms with Crippen LogP contribution in [0.15, 0.2) is 54.6 Å². The molecule has 2 aromatic carbocycles. The number of carbonyl (C=O) groups is 3. The summed E-state index contributed by atoms with van der Waals surface area (Å²) in [7, 11) is 0. The molecule has 0 aliphatic carbocycles. The molecule has 0 bridgehead atoms. The van der Waals surface area contributed by atoms with E-state index in [1.807, 2.05) is 38.7 Å². The Morgan fingerprint density at radius 2 is 1.66 bits per heavy atom. The third kappa shape index (κ3) is 8.75. The van der Waals surface area contributed by atoms with Gasteiger partial charge < -0.3 is 9.64 Å². The van der Waals surface area contributed by atoms with E-state index in [9.17, 15) is 14.4 Å². The number of Topliss-reactive ketones (excluding diaryl/α,β-unsaturated/α-hetero) is 1. The van der Waals surface area contributed by atoms with Gasteiger partial charge >= 0.3 is 5.97 Å². The van der Waals surface area contributed by atoms with Crippen molar-refractivity contribution in [3.05, 3.63) is 71.3 Å². The molecule has 4 atom stereocenters. The summed E-state index contributed by atoms with van der Waals surface area (Å²) in [5.74, 6) is 0.186. The van der Waals surface area contributed by atoms with E-state index < -0.39 is 11.6 Å². The van der Waals surface area contributed by atoms with Crippen LogP contribution in [0.25, 0.3) is 0 Å². The second kappa shape index (κ2) is 13.8. The second-order valence-electron chi connectivity index (χ2n) is 13.1. The molecule has 4 rings (SSSR count). The quantitative estimate of drug-likeness (QED) is 0.319. The molecule has 1 amide bonds. The molecule has 1 unspecified atom stereocenters. The topological polar surface area (TPSA) is 66.9 Å². The molecule has 0 saturated carbocycles. The van der Waals surface area contributed by atoms with Crippen LogP contribution in [0, 0.1) is 12.8 Å². The first kappa shape index (κ1) is 31.0. The number of aryl methyl sites for hydroxylation is 3. The van der Waals surface area contributed by atoms with Gasteiger partial charge in [-0.2, -0.15) is 0 Å². The summed E-state index contributed by atoms with van der Waals surface area (Å²) in [5.41, 5.74) is 3.01. The third-order valence-corrected chi connectivity index (χ3v) is 8.47. The highest BCUT2D eigenvalue weighted by Gasteiger charge is 2.45. The average molecular weight is 561 g/mol. The first-order valence-electron chi connectivity index (χ1n) is 15.4. The molecule has 2 saturated heterocycles. The summed E-state index contributed by atoms with van der Waals surface area (Å²) >= 11 is 0. The van der Waals surface area contributed by atoms with E-state index in [0.717, 1.165) is 37.8 Å². The largest absolute Gasteiger partial charge is 0.460 e. The zero-order chi connectivity index (χ0) is 29.6. The first-order valence-corrected chi connectivity index (χ1v) is 15.4. The molecule has 2 heterocycles. The molecule has 6 heteroatoms. The average Bonchev–Trinajstić information content (AvgIpc) is 3.26. The molecule has 0 spiro atoms. The number of rotatable bonds is 11. The predicted molar refractivity (Wildman–Crippen MR) is 163 cm³/mol. The number of ketones is 1. The van der Waals surface area contributed by atoms with Gasteiger partial charge in [0.05, 0.1) is 12.1 Å². The fourth-order valence-electron chi connectivity index (χ4n) is 6.40. The van der Waals surface area contributed by atoms with E-state index >= 15 is 0 Å². The lowest BCUT2D eigenvalue weighted by atomic mass is 9.96. The van der Waals surface area contributed by atoms with Crippen LogP contribution in [0.3, 0.4) is 0 Å². The number of carbonyl (C=O) groups excluding carboxylic acids is 3. The van der Waals surface area contributed by atoms with Crippen molar-refractivity contribution in [1.29, 1.82) is 0 Å². The fraction of sp³-hybridized carbons (Fsp3) is 0.571. The van der Waals surface area contributed by atoms with Gasteiger partial charge in [0.2, 0.25) is 5.91 Å². The first-order chi connectivity index (χ1) is 19.5. The molecule has 222 valence electrons. The minimum atomic E-state index is -0.619. The molecular formula is C35H48N2O4. The SMILES string of the molecule is Cc1ccc(CCC(=O)[C@@H](CCC(=O)OC(C)(C)C)N2CCC(CCc3ccccc3)N3C[C@H](C)C[C@H]3C2=O)cc1. The number of fused-ring (bicyclic) bond motifs is 1. The molecule has 2 aliphatic rings. The number of amides is 1. The van der Waals surface area contributed by atoms with Crippen molar-refractivity contribution in [2.45, 2.75) is 110 Å². The molecular weight excluding hydrogens is 512 g/mol. The van der Waals surface area contributed by atoms with E-state index in [2.05, 4.69) is 60.4 Å². The van der Waals surface area contributed by atoms with Gasteiger partial charge in [0.25, 0.3) is 0 Å². The molecule has 2 aliphatic heterocycles. The van der Waals surface area contributed by atoms with Crippen molar-refractivity contribution < 1.29 is 19.1 Å². The maximum Gasteiger partial charge on any atom is 0.306 e. The Labute approximate surface area is 246 Å². The third-order valence-electron chi connectivity index (χ3n) is 8.47. The van der Waals surface area contributed by atoms with Gasteiger partial charge in [-0.05, 0) is 83.3 Å². The Balaban J connectivity index is 1.52. The Hall–Kier alpha value is -2.99. The van der Waals surface area contributed by atoms with Crippen molar-refractivity contribution in [1.82, 2.24) is 9.80 Å². The zero-order valence-corrected chi connectivity index (χ0v) is 25.6. The highest BCUT2D eigenvalue weighted by Crippen LogP contribution is 2.33. The van der Waals surface area contributed by atoms with Gasteiger partial charge in [0, 0.05) is 32.0 Å². The number of hydrogen-bond donors (Lipinski definition) is 0. The number of hydrogen-bond acceptors (Lipinski definition) is 5. The molecule has 6 nitrogen and oxygen atoms in total. The van der Waals surface area contributed by atoms with Crippen molar-refractivity contribution >= 4 is 17.7 Å². The molecule has 41 heavy (non-hydrogen) atoms. The number of nitrogens with zero attached hydrogens (tertiary/aromatic N) is 2. The van der Waals surface area contributed by atoms with Gasteiger partial charge in [-0.3, -0.25) is 19.3 Å². The Morgan fingerprint density at radius 1 is 0.976 bits per heavy atom. The standard InChI is InChI=1S/C35H48N2O4/c1-25-11-13-28(14-12-25)16-19-32(38)30(18-20-33(39)41-35(3,4)5)36-22-21-29(17-15-27-9-7-6-8-10-27)37-24-26(2)23-31(37)34(36)40/h6-14,26,29-31H,15-24H2,1-5H3/t26-,29?,30-,31+/m1/s1. The van der Waals surface area contributed by atoms with Gasteiger partial charge in [-0.25, -0.2) is 0 Å². The van der Waals surface area contributed by atoms with Crippen molar-refractivity contribution in [3.8, 4) is 0 Å². The normalized spacial score (nSPS) is 22.2. The van der Waals surface area contributed by atoms with Crippen LogP contribution in [0.5, 0.6) is 0 Å². The summed E-state index contributed by atoms with van der Waals surface area (Å²) in [6.45, 7) is 11.2. The number of benzene rings is 2. The van der Waals surface area contributed by atoms with Gasteiger partial charge in [0.15, 0.2) is 5.78 Å². The molecule has 2 fully saturated rings. The minimum absolute atomic E-state index is 0.0304. The summed E-state index contributed by atoms with van der Waals surface area (Å²) in [6.07, 6.45) is 4.97. The summed E-state index contributed by atoms with van der Waals surface area (Å²) in [5, 5.41) is 0. The van der Waals surface area contributed by atoms with Crippen LogP contribution in [-0.4, -0.2) is 64.3 Å². The minimum Gasteiger partial charge on any atom is -0.460 e. The highest BCUT2D eigenvalue weighted by molar-refractivity contribution is 5.91. The van der Waals surface area contributed by atoms with Crippen LogP contribution < -0.4 is 0 Å². The molecule has 0 N–H and O–H groups in total. The molecule has 0 radical (unpaired) electrons. The highest BCUT2D eigenvalue weighted by atomic mass is 16.6. The lowest BCUT2D eigenvalue weighted by Gasteiger charge is -2.32. The van der Waals surface area contributed by atoms with E-state index in [1.165, 1.54) is 11.1 Å². The monoisotopic (exact) mass is 560 g/mol. The van der Waals surface area contributed by atoms with Crippen LogP contribution in [0.2, 0.25) is 0 Å². The van der Waals surface area contributed by atoms with E-state index in [4.69, 9.17) is 4.74 Å². The smallest absolute Gasteiger partial charge is 0.306 e. The van der Waals surface area contributed by atoms with Gasteiger partial charge in [0.1, 0.15) is 5.60 Å². The zero-order valence-electron chi connectivity index (χ0n) is 25.6. The van der Waals surface area contributed by atoms with Gasteiger partial charge in [-0.15, -0.1) is 0 Å². The van der Waals surface area contributed by atoms with E-state index in [-0.39, 0.29) is 36.2 Å². The maximum atomic E-state index is 14.1. The number of ether oxygens (including phenoxy) is 1. The molecule has 2 aromatic rings. The summed E-state index contributed by atoms with van der Waals surface area (Å²) in [4.78, 5) is 44.9. The molecule has 0 aromatic heterocycles. The van der Waals surface area contributed by atoms with Crippen LogP contribution in [0.1, 0.15) is 82.9 Å². The van der Waals surface area contributed by atoms with Crippen LogP contribution in [-0.2, 0) is 32.0 Å². The number of esters is 1. The van der Waals surface area contributed by atoms with Crippen LogP contribution >= 0.6 is 0 Å². The summed E-state index contributed by atoms with van der Waals surface area (Å²) in [6, 6.07) is 18.2. The summed E-state index contributed by atoms with van der Waals surface area (Å²) < 4.78 is 5.56. The van der Waals surface area contributed by atoms with Gasteiger partial charge in [-0.1, -0.05) is 67.1 Å². The maximum absolute atomic E-state index is 14.1. The van der Waals surface area contributed by atoms with E-state index in [0.29, 0.717) is 31.7 Å². The fourth-order valence-corrected chi connectivity index (χ4v) is 6.40. The Kier molecular flexibility index (Phi) is 10.4. The Morgan fingerprint density at radius 3 is 2.34 bits per heavy atom. The van der Waals surface area contributed by atoms with Crippen molar-refractivity contribution in [3.63, 3.8) is 0 Å². The van der Waals surface area contributed by atoms with Crippen LogP contribution in [0.4, 0.5) is 0 Å². The van der Waals surface area contributed by atoms with Crippen molar-refractivity contribution in [2.75, 3.05) is 13.1 Å². The van der Waals surface area contributed by atoms with E-state index in [1.54, 1.807) is 0 Å². The lowest BCUT2D eigenvalue weighted by Crippen LogP contribution is -2.50.